The van der Waals surface area contributed by atoms with Crippen LogP contribution in [0.5, 0.6) is 0 Å². The minimum absolute atomic E-state index is 0.142. The summed E-state index contributed by atoms with van der Waals surface area (Å²) in [6.07, 6.45) is 8.71. The van der Waals surface area contributed by atoms with Crippen LogP contribution in [0.3, 0.4) is 0 Å². The van der Waals surface area contributed by atoms with Gasteiger partial charge in [-0.05, 0) is 49.5 Å². The van der Waals surface area contributed by atoms with E-state index in [-0.39, 0.29) is 5.92 Å². The third-order valence-corrected chi connectivity index (χ3v) is 5.34. The number of amides is 1. The molecule has 2 aliphatic rings. The molecule has 2 aromatic rings. The van der Waals surface area contributed by atoms with Gasteiger partial charge < -0.3 is 9.80 Å². The van der Waals surface area contributed by atoms with Gasteiger partial charge in [-0.15, -0.1) is 5.10 Å². The topological polar surface area (TPSA) is 79.5 Å². The minimum Gasteiger partial charge on any atom is -0.355 e. The Bertz CT molecular complexity index is 722. The molecule has 2 fully saturated rings. The fourth-order valence-corrected chi connectivity index (χ4v) is 3.89. The second-order valence-corrected chi connectivity index (χ2v) is 6.85. The number of tetrazole rings is 1. The van der Waals surface area contributed by atoms with E-state index in [1.54, 1.807) is 16.9 Å². The van der Waals surface area contributed by atoms with Gasteiger partial charge in [-0.3, -0.25) is 9.78 Å². The molecule has 4 rings (SSSR count). The summed E-state index contributed by atoms with van der Waals surface area (Å²) in [5, 5.41) is 11.7. The maximum atomic E-state index is 12.8. The van der Waals surface area contributed by atoms with Gasteiger partial charge in [0.25, 0.3) is 0 Å². The summed E-state index contributed by atoms with van der Waals surface area (Å²) in [4.78, 5) is 21.4. The van der Waals surface area contributed by atoms with E-state index in [0.717, 1.165) is 51.1 Å². The molecular weight excluding hydrogens is 306 g/mol. The lowest BCUT2D eigenvalue weighted by atomic mass is 9.93. The zero-order chi connectivity index (χ0) is 16.5. The number of hydrogen-bond acceptors (Lipinski definition) is 6. The SMILES string of the molecule is CC1CCCCN1C(=O)C1CCN(c2cncc3nnnn23)CC1. The highest BCUT2D eigenvalue weighted by Crippen LogP contribution is 2.26. The van der Waals surface area contributed by atoms with Gasteiger partial charge in [-0.1, -0.05) is 0 Å². The number of carbonyl (C=O) groups excluding carboxylic acids is 1. The molecular formula is C16H23N7O. The van der Waals surface area contributed by atoms with Gasteiger partial charge >= 0.3 is 0 Å². The molecule has 0 radical (unpaired) electrons. The first-order chi connectivity index (χ1) is 11.7. The van der Waals surface area contributed by atoms with Crippen molar-refractivity contribution in [2.75, 3.05) is 24.5 Å². The average molecular weight is 329 g/mol. The summed E-state index contributed by atoms with van der Waals surface area (Å²) >= 11 is 0. The van der Waals surface area contributed by atoms with Crippen LogP contribution in [0.15, 0.2) is 12.4 Å². The van der Waals surface area contributed by atoms with Crippen molar-refractivity contribution >= 4 is 17.4 Å². The second kappa shape index (κ2) is 6.33. The Kier molecular flexibility index (Phi) is 4.03. The first-order valence-corrected chi connectivity index (χ1v) is 8.81. The van der Waals surface area contributed by atoms with E-state index < -0.39 is 0 Å². The van der Waals surface area contributed by atoms with Crippen molar-refractivity contribution in [3.8, 4) is 0 Å². The van der Waals surface area contributed by atoms with Crippen LogP contribution in [-0.2, 0) is 4.79 Å². The van der Waals surface area contributed by atoms with Crippen LogP contribution in [-0.4, -0.2) is 61.5 Å². The largest absolute Gasteiger partial charge is 0.355 e. The highest BCUT2D eigenvalue weighted by atomic mass is 16.2. The predicted octanol–water partition coefficient (Wildman–Crippen LogP) is 1.14. The molecule has 1 unspecified atom stereocenters. The molecule has 1 atom stereocenters. The second-order valence-electron chi connectivity index (χ2n) is 6.85. The predicted molar refractivity (Wildman–Crippen MR) is 88.5 cm³/mol. The lowest BCUT2D eigenvalue weighted by molar-refractivity contribution is -0.139. The number of piperidine rings is 2. The molecule has 0 spiro atoms. The molecule has 2 aliphatic heterocycles. The van der Waals surface area contributed by atoms with Gasteiger partial charge in [0, 0.05) is 31.6 Å². The monoisotopic (exact) mass is 329 g/mol. The van der Waals surface area contributed by atoms with Gasteiger partial charge in [0.15, 0.2) is 11.5 Å². The van der Waals surface area contributed by atoms with E-state index in [1.807, 2.05) is 0 Å². The first-order valence-electron chi connectivity index (χ1n) is 8.81. The maximum Gasteiger partial charge on any atom is 0.226 e. The van der Waals surface area contributed by atoms with Crippen LogP contribution in [0.2, 0.25) is 0 Å². The van der Waals surface area contributed by atoms with E-state index in [0.29, 0.717) is 17.6 Å². The highest BCUT2D eigenvalue weighted by Gasteiger charge is 2.32. The standard InChI is InChI=1S/C16H23N7O/c1-12-4-2-3-7-22(12)16(24)13-5-8-21(9-6-13)15-11-17-10-14-18-19-20-23(14)15/h10-13H,2-9H2,1H3. The molecule has 0 saturated carbocycles. The van der Waals surface area contributed by atoms with Gasteiger partial charge in [0.1, 0.15) is 0 Å². The molecule has 2 aromatic heterocycles. The van der Waals surface area contributed by atoms with E-state index >= 15 is 0 Å². The zero-order valence-electron chi connectivity index (χ0n) is 14.0. The van der Waals surface area contributed by atoms with E-state index in [2.05, 4.69) is 37.2 Å². The summed E-state index contributed by atoms with van der Waals surface area (Å²) in [5.74, 6) is 1.39. The molecule has 2 saturated heterocycles. The van der Waals surface area contributed by atoms with Crippen molar-refractivity contribution in [2.24, 2.45) is 5.92 Å². The molecule has 4 heterocycles. The Balaban J connectivity index is 1.43. The van der Waals surface area contributed by atoms with Crippen molar-refractivity contribution < 1.29 is 4.79 Å². The average Bonchev–Trinajstić information content (AvgIpc) is 3.10. The maximum absolute atomic E-state index is 12.8. The summed E-state index contributed by atoms with van der Waals surface area (Å²) in [6.45, 7) is 4.77. The number of aromatic nitrogens is 5. The molecule has 0 aliphatic carbocycles. The molecule has 1 amide bonds. The number of carbonyl (C=O) groups is 1. The smallest absolute Gasteiger partial charge is 0.226 e. The van der Waals surface area contributed by atoms with Crippen LogP contribution >= 0.6 is 0 Å². The molecule has 0 bridgehead atoms. The normalized spacial score (nSPS) is 23.0. The number of rotatable bonds is 2. The lowest BCUT2D eigenvalue weighted by Gasteiger charge is -2.39. The van der Waals surface area contributed by atoms with E-state index in [1.165, 1.54) is 6.42 Å². The van der Waals surface area contributed by atoms with E-state index in [9.17, 15) is 4.79 Å². The Morgan fingerprint density at radius 2 is 1.96 bits per heavy atom. The third kappa shape index (κ3) is 2.70. The Morgan fingerprint density at radius 3 is 2.75 bits per heavy atom. The summed E-state index contributed by atoms with van der Waals surface area (Å²) < 4.78 is 1.71. The van der Waals surface area contributed by atoms with Gasteiger partial charge in [0.2, 0.25) is 5.91 Å². The van der Waals surface area contributed by atoms with E-state index in [4.69, 9.17) is 0 Å². The number of anilines is 1. The molecule has 24 heavy (non-hydrogen) atoms. The fourth-order valence-electron chi connectivity index (χ4n) is 3.89. The van der Waals surface area contributed by atoms with Crippen molar-refractivity contribution in [3.63, 3.8) is 0 Å². The van der Waals surface area contributed by atoms with Crippen LogP contribution < -0.4 is 4.90 Å². The van der Waals surface area contributed by atoms with Crippen molar-refractivity contribution in [3.05, 3.63) is 12.4 Å². The first kappa shape index (κ1) is 15.3. The quantitative estimate of drug-likeness (QED) is 0.822. The summed E-state index contributed by atoms with van der Waals surface area (Å²) in [7, 11) is 0. The number of nitrogens with zero attached hydrogens (tertiary/aromatic N) is 7. The number of likely N-dealkylation sites (tertiary alicyclic amines) is 1. The van der Waals surface area contributed by atoms with Crippen molar-refractivity contribution in [2.45, 2.75) is 45.1 Å². The number of fused-ring (bicyclic) bond motifs is 1. The highest BCUT2D eigenvalue weighted by molar-refractivity contribution is 5.79. The fraction of sp³-hybridized carbons (Fsp3) is 0.688. The molecule has 0 N–H and O–H groups in total. The Hall–Kier alpha value is -2.25. The molecule has 8 heteroatoms. The molecule has 0 aromatic carbocycles. The number of hydrogen-bond donors (Lipinski definition) is 0. The summed E-state index contributed by atoms with van der Waals surface area (Å²) in [6, 6.07) is 0.392. The van der Waals surface area contributed by atoms with Crippen LogP contribution in [0.4, 0.5) is 5.82 Å². The molecule has 128 valence electrons. The van der Waals surface area contributed by atoms with Crippen LogP contribution in [0, 0.1) is 5.92 Å². The van der Waals surface area contributed by atoms with Crippen molar-refractivity contribution in [1.82, 2.24) is 29.9 Å². The van der Waals surface area contributed by atoms with Crippen molar-refractivity contribution in [1.29, 1.82) is 0 Å². The summed E-state index contributed by atoms with van der Waals surface area (Å²) in [5.41, 5.74) is 0.646. The van der Waals surface area contributed by atoms with Crippen LogP contribution in [0.1, 0.15) is 39.0 Å². The van der Waals surface area contributed by atoms with Gasteiger partial charge in [0.05, 0.1) is 12.4 Å². The minimum atomic E-state index is 0.142. The Morgan fingerprint density at radius 1 is 1.12 bits per heavy atom. The van der Waals surface area contributed by atoms with Crippen LogP contribution in [0.25, 0.3) is 5.65 Å². The lowest BCUT2D eigenvalue weighted by Crippen LogP contribution is -2.48. The third-order valence-electron chi connectivity index (χ3n) is 5.34. The van der Waals surface area contributed by atoms with Gasteiger partial charge in [-0.2, -0.15) is 4.52 Å². The molecule has 8 nitrogen and oxygen atoms in total. The zero-order valence-corrected chi connectivity index (χ0v) is 14.0. The Labute approximate surface area is 140 Å². The van der Waals surface area contributed by atoms with Gasteiger partial charge in [-0.25, -0.2) is 0 Å².